The fourth-order valence-corrected chi connectivity index (χ4v) is 4.71. The number of rotatable bonds is 11. The summed E-state index contributed by atoms with van der Waals surface area (Å²) >= 11 is 0. The summed E-state index contributed by atoms with van der Waals surface area (Å²) in [4.78, 5) is 10.1. The number of ether oxygens (including phenoxy) is 2. The Morgan fingerprint density at radius 1 is 1.06 bits per heavy atom. The Morgan fingerprint density at radius 2 is 1.76 bits per heavy atom. The first kappa shape index (κ1) is 28.1. The average molecular weight is 574 g/mol. The van der Waals surface area contributed by atoms with Gasteiger partial charge in [-0.05, 0) is 82.4 Å². The maximum absolute atomic E-state index is 5.35. The summed E-state index contributed by atoms with van der Waals surface area (Å²) in [5.74, 6) is 2.54. The highest BCUT2D eigenvalue weighted by molar-refractivity contribution is 14.0. The van der Waals surface area contributed by atoms with Gasteiger partial charge in [-0.1, -0.05) is 12.1 Å². The summed E-state index contributed by atoms with van der Waals surface area (Å²) in [6.07, 6.45) is 5.02. The maximum atomic E-state index is 5.35. The molecule has 2 heterocycles. The molecule has 0 radical (unpaired) electrons. The predicted octanol–water partition coefficient (Wildman–Crippen LogP) is 3.36. The van der Waals surface area contributed by atoms with E-state index in [2.05, 4.69) is 51.6 Å². The van der Waals surface area contributed by atoms with Gasteiger partial charge in [-0.15, -0.1) is 24.0 Å². The van der Waals surface area contributed by atoms with Gasteiger partial charge in [0.05, 0.1) is 26.3 Å². The third-order valence-corrected chi connectivity index (χ3v) is 6.73. The van der Waals surface area contributed by atoms with Crippen molar-refractivity contribution in [1.82, 2.24) is 20.4 Å². The number of nitrogens with one attached hydrogen (secondary N) is 2. The van der Waals surface area contributed by atoms with E-state index < -0.39 is 0 Å². The molecular formula is C25H44IN5O2. The van der Waals surface area contributed by atoms with Crippen LogP contribution in [0.5, 0.6) is 5.75 Å². The van der Waals surface area contributed by atoms with E-state index in [1.807, 2.05) is 0 Å². The van der Waals surface area contributed by atoms with E-state index in [9.17, 15) is 0 Å². The van der Waals surface area contributed by atoms with Crippen molar-refractivity contribution in [2.24, 2.45) is 10.9 Å². The predicted molar refractivity (Wildman–Crippen MR) is 147 cm³/mol. The number of methoxy groups -OCH3 is 2. The molecule has 0 aliphatic carbocycles. The topological polar surface area (TPSA) is 61.4 Å². The Kier molecular flexibility index (Phi) is 13.4. The molecule has 7 nitrogen and oxygen atoms in total. The molecule has 2 saturated heterocycles. The molecule has 0 spiro atoms. The van der Waals surface area contributed by atoms with Crippen LogP contribution >= 0.6 is 24.0 Å². The van der Waals surface area contributed by atoms with Crippen LogP contribution in [0, 0.1) is 5.92 Å². The molecule has 2 fully saturated rings. The van der Waals surface area contributed by atoms with Crippen LogP contribution in [-0.4, -0.2) is 88.9 Å². The number of aliphatic imine (C=N–C) groups is 1. The van der Waals surface area contributed by atoms with Gasteiger partial charge in [0.2, 0.25) is 0 Å². The maximum Gasteiger partial charge on any atom is 0.191 e. The summed E-state index contributed by atoms with van der Waals surface area (Å²) in [6, 6.07) is 8.81. The van der Waals surface area contributed by atoms with Crippen molar-refractivity contribution < 1.29 is 9.47 Å². The van der Waals surface area contributed by atoms with Crippen molar-refractivity contribution in [1.29, 1.82) is 0 Å². The molecule has 2 aliphatic rings. The summed E-state index contributed by atoms with van der Waals surface area (Å²) in [6.45, 7) is 11.3. The van der Waals surface area contributed by atoms with E-state index in [0.29, 0.717) is 12.0 Å². The standard InChI is InChI=1S/C25H43N5O2.HI/c1-4-26-25(27-19-21-11-15-29(16-12-21)17-18-31-2)28-20-24(30-13-5-6-14-30)22-7-9-23(32-3)10-8-22;/h7-10,21,24H,4-6,11-20H2,1-3H3,(H2,26,27,28);1H. The molecule has 1 atom stereocenters. The number of piperidine rings is 1. The molecule has 33 heavy (non-hydrogen) atoms. The monoisotopic (exact) mass is 573 g/mol. The van der Waals surface area contributed by atoms with E-state index in [1.165, 1.54) is 31.2 Å². The minimum atomic E-state index is 0. The van der Waals surface area contributed by atoms with Gasteiger partial charge in [0, 0.05) is 26.7 Å². The second kappa shape index (κ2) is 15.7. The van der Waals surface area contributed by atoms with Crippen LogP contribution in [0.1, 0.15) is 44.2 Å². The molecule has 0 bridgehead atoms. The summed E-state index contributed by atoms with van der Waals surface area (Å²) in [5.41, 5.74) is 1.32. The molecule has 1 aromatic rings. The van der Waals surface area contributed by atoms with E-state index in [0.717, 1.165) is 70.7 Å². The van der Waals surface area contributed by atoms with E-state index in [-0.39, 0.29) is 24.0 Å². The van der Waals surface area contributed by atoms with E-state index >= 15 is 0 Å². The summed E-state index contributed by atoms with van der Waals surface area (Å²) < 4.78 is 10.6. The molecule has 1 aromatic carbocycles. The normalized spacial score (nSPS) is 19.2. The van der Waals surface area contributed by atoms with Crippen LogP contribution in [0.2, 0.25) is 0 Å². The highest BCUT2D eigenvalue weighted by Crippen LogP contribution is 2.27. The van der Waals surface area contributed by atoms with Gasteiger partial charge in [0.25, 0.3) is 0 Å². The van der Waals surface area contributed by atoms with Gasteiger partial charge < -0.3 is 25.0 Å². The third-order valence-electron chi connectivity index (χ3n) is 6.73. The van der Waals surface area contributed by atoms with Crippen molar-refractivity contribution in [2.75, 3.05) is 73.2 Å². The Bertz CT molecular complexity index is 674. The van der Waals surface area contributed by atoms with Crippen LogP contribution in [-0.2, 0) is 4.74 Å². The lowest BCUT2D eigenvalue weighted by Gasteiger charge is -2.32. The number of guanidine groups is 1. The van der Waals surface area contributed by atoms with Crippen molar-refractivity contribution in [2.45, 2.75) is 38.6 Å². The second-order valence-electron chi connectivity index (χ2n) is 8.91. The molecule has 2 aliphatic heterocycles. The van der Waals surface area contributed by atoms with E-state index in [4.69, 9.17) is 14.5 Å². The van der Waals surface area contributed by atoms with Crippen LogP contribution in [0.25, 0.3) is 0 Å². The minimum Gasteiger partial charge on any atom is -0.497 e. The van der Waals surface area contributed by atoms with Crippen LogP contribution in [0.15, 0.2) is 29.3 Å². The Labute approximate surface area is 217 Å². The van der Waals surface area contributed by atoms with Gasteiger partial charge >= 0.3 is 0 Å². The molecule has 3 rings (SSSR count). The first-order valence-electron chi connectivity index (χ1n) is 12.3. The number of benzene rings is 1. The fourth-order valence-electron chi connectivity index (χ4n) is 4.71. The molecule has 2 N–H and O–H groups in total. The average Bonchev–Trinajstić information content (AvgIpc) is 3.37. The Balaban J connectivity index is 0.00000385. The lowest BCUT2D eigenvalue weighted by Crippen LogP contribution is -2.43. The number of likely N-dealkylation sites (tertiary alicyclic amines) is 2. The molecule has 8 heteroatoms. The molecule has 0 amide bonds. The highest BCUT2D eigenvalue weighted by atomic mass is 127. The van der Waals surface area contributed by atoms with Gasteiger partial charge in [-0.2, -0.15) is 0 Å². The largest absolute Gasteiger partial charge is 0.497 e. The first-order chi connectivity index (χ1) is 15.7. The van der Waals surface area contributed by atoms with Crippen molar-refractivity contribution >= 4 is 29.9 Å². The minimum absolute atomic E-state index is 0. The summed E-state index contributed by atoms with van der Waals surface area (Å²) in [7, 11) is 3.50. The number of hydrogen-bond acceptors (Lipinski definition) is 5. The van der Waals surface area contributed by atoms with E-state index in [1.54, 1.807) is 14.2 Å². The Hall–Kier alpha value is -1.10. The van der Waals surface area contributed by atoms with Crippen molar-refractivity contribution in [3.63, 3.8) is 0 Å². The molecule has 188 valence electrons. The van der Waals surface area contributed by atoms with Crippen LogP contribution < -0.4 is 15.4 Å². The zero-order valence-electron chi connectivity index (χ0n) is 20.7. The molecule has 1 unspecified atom stereocenters. The zero-order chi connectivity index (χ0) is 22.6. The lowest BCUT2D eigenvalue weighted by atomic mass is 9.97. The molecule has 0 saturated carbocycles. The smallest absolute Gasteiger partial charge is 0.191 e. The van der Waals surface area contributed by atoms with Crippen molar-refractivity contribution in [3.8, 4) is 5.75 Å². The second-order valence-corrected chi connectivity index (χ2v) is 8.91. The third kappa shape index (κ3) is 9.22. The first-order valence-corrected chi connectivity index (χ1v) is 12.3. The number of hydrogen-bond donors (Lipinski definition) is 2. The van der Waals surface area contributed by atoms with Crippen molar-refractivity contribution in [3.05, 3.63) is 29.8 Å². The molecule has 0 aromatic heterocycles. The zero-order valence-corrected chi connectivity index (χ0v) is 23.1. The van der Waals surface area contributed by atoms with Gasteiger partial charge in [0.1, 0.15) is 5.75 Å². The highest BCUT2D eigenvalue weighted by Gasteiger charge is 2.24. The Morgan fingerprint density at radius 3 is 2.36 bits per heavy atom. The quantitative estimate of drug-likeness (QED) is 0.241. The lowest BCUT2D eigenvalue weighted by molar-refractivity contribution is 0.121. The van der Waals surface area contributed by atoms with Gasteiger partial charge in [0.15, 0.2) is 5.96 Å². The fraction of sp³-hybridized carbons (Fsp3) is 0.720. The number of nitrogens with zero attached hydrogens (tertiary/aromatic N) is 3. The van der Waals surface area contributed by atoms with Crippen LogP contribution in [0.3, 0.4) is 0 Å². The van der Waals surface area contributed by atoms with Gasteiger partial charge in [-0.25, -0.2) is 0 Å². The number of halogens is 1. The molecular weight excluding hydrogens is 529 g/mol. The SMILES string of the molecule is CCNC(=NCC(c1ccc(OC)cc1)N1CCCC1)NCC1CCN(CCOC)CC1.I. The van der Waals surface area contributed by atoms with Crippen LogP contribution in [0.4, 0.5) is 0 Å². The van der Waals surface area contributed by atoms with Gasteiger partial charge in [-0.3, -0.25) is 9.89 Å². The summed E-state index contributed by atoms with van der Waals surface area (Å²) in [5, 5.41) is 7.07.